The number of anilines is 2. The monoisotopic (exact) mass is 393 g/mol. The number of rotatable bonds is 4. The van der Waals surface area contributed by atoms with E-state index in [-0.39, 0.29) is 17.9 Å². The average molecular weight is 394 g/mol. The van der Waals surface area contributed by atoms with E-state index in [0.29, 0.717) is 22.9 Å². The van der Waals surface area contributed by atoms with Crippen molar-refractivity contribution in [1.29, 1.82) is 0 Å². The van der Waals surface area contributed by atoms with Crippen LogP contribution >= 0.6 is 11.6 Å². The number of nitrogens with one attached hydrogen (secondary N) is 2. The van der Waals surface area contributed by atoms with E-state index < -0.39 is 6.09 Å². The van der Waals surface area contributed by atoms with Gasteiger partial charge < -0.3 is 25.2 Å². The predicted octanol–water partition coefficient (Wildman–Crippen LogP) is 3.39. The van der Waals surface area contributed by atoms with Gasteiger partial charge in [0.15, 0.2) is 0 Å². The van der Waals surface area contributed by atoms with Crippen molar-refractivity contribution in [2.75, 3.05) is 30.4 Å². The Morgan fingerprint density at radius 2 is 2.22 bits per heavy atom. The van der Waals surface area contributed by atoms with Crippen molar-refractivity contribution in [3.63, 3.8) is 0 Å². The third-order valence-corrected chi connectivity index (χ3v) is 5.25. The third-order valence-electron chi connectivity index (χ3n) is 4.97. The number of carbonyl (C=O) groups is 2. The Morgan fingerprint density at radius 3 is 2.89 bits per heavy atom. The number of H-pyrrole nitrogens is 1. The number of amides is 2. The fraction of sp³-hybridized carbons (Fsp3) is 0.500. The molecular formula is C18H24ClN5O3. The smallest absolute Gasteiger partial charge is 0.407 e. The highest BCUT2D eigenvalue weighted by atomic mass is 35.5. The van der Waals surface area contributed by atoms with E-state index in [4.69, 9.17) is 11.6 Å². The molecule has 2 aromatic heterocycles. The summed E-state index contributed by atoms with van der Waals surface area (Å²) >= 11 is 6.49. The van der Waals surface area contributed by atoms with Crippen molar-refractivity contribution in [2.24, 2.45) is 5.92 Å². The summed E-state index contributed by atoms with van der Waals surface area (Å²) in [6, 6.07) is -0.122. The Morgan fingerprint density at radius 1 is 1.48 bits per heavy atom. The number of fused-ring (bicyclic) bond motifs is 1. The van der Waals surface area contributed by atoms with E-state index in [1.807, 2.05) is 13.8 Å². The third kappa shape index (κ3) is 3.80. The molecule has 0 saturated carbocycles. The van der Waals surface area contributed by atoms with Gasteiger partial charge in [0.2, 0.25) is 5.91 Å². The standard InChI is InChI=1S/C18H24ClN5O3/c1-10(2)17(25)22-13-8-21-16-14(13)15(12(19)7-20-16)24-6-4-5-11(9-24)23(3)18(26)27/h7-8,10-11H,4-6,9H2,1-3H3,(H,20,21)(H,22,25)(H,26,27). The predicted molar refractivity (Wildman–Crippen MR) is 106 cm³/mol. The molecule has 3 heterocycles. The van der Waals surface area contributed by atoms with Crippen LogP contribution in [0.1, 0.15) is 26.7 Å². The number of hydrogen-bond donors (Lipinski definition) is 3. The summed E-state index contributed by atoms with van der Waals surface area (Å²) < 4.78 is 0. The van der Waals surface area contributed by atoms with Crippen LogP contribution in [0.5, 0.6) is 0 Å². The first kappa shape index (κ1) is 19.3. The summed E-state index contributed by atoms with van der Waals surface area (Å²) in [6.45, 7) is 4.94. The maximum Gasteiger partial charge on any atom is 0.407 e. The van der Waals surface area contributed by atoms with Crippen LogP contribution in [-0.4, -0.2) is 58.2 Å². The van der Waals surface area contributed by atoms with Crippen LogP contribution in [0.4, 0.5) is 16.2 Å². The molecule has 1 saturated heterocycles. The lowest BCUT2D eigenvalue weighted by Gasteiger charge is -2.38. The van der Waals surface area contributed by atoms with Crippen LogP contribution in [0.15, 0.2) is 12.4 Å². The highest BCUT2D eigenvalue weighted by Crippen LogP contribution is 2.39. The second kappa shape index (κ2) is 7.64. The molecular weight excluding hydrogens is 370 g/mol. The molecule has 0 spiro atoms. The van der Waals surface area contributed by atoms with Gasteiger partial charge in [0.1, 0.15) is 5.65 Å². The number of likely N-dealkylation sites (N-methyl/N-ethyl adjacent to an activating group) is 1. The molecule has 146 valence electrons. The largest absolute Gasteiger partial charge is 0.465 e. The van der Waals surface area contributed by atoms with E-state index in [2.05, 4.69) is 20.2 Å². The van der Waals surface area contributed by atoms with E-state index in [1.54, 1.807) is 19.4 Å². The number of aromatic amines is 1. The van der Waals surface area contributed by atoms with Crippen LogP contribution < -0.4 is 10.2 Å². The molecule has 0 aromatic carbocycles. The fourth-order valence-electron chi connectivity index (χ4n) is 3.37. The molecule has 3 N–H and O–H groups in total. The van der Waals surface area contributed by atoms with Gasteiger partial charge in [-0.2, -0.15) is 0 Å². The second-order valence-electron chi connectivity index (χ2n) is 7.16. The van der Waals surface area contributed by atoms with Crippen molar-refractivity contribution >= 4 is 46.0 Å². The molecule has 8 nitrogen and oxygen atoms in total. The molecule has 1 fully saturated rings. The normalized spacial score (nSPS) is 17.4. The molecule has 1 atom stereocenters. The summed E-state index contributed by atoms with van der Waals surface area (Å²) in [5.41, 5.74) is 2.02. The van der Waals surface area contributed by atoms with E-state index in [1.165, 1.54) is 4.90 Å². The summed E-state index contributed by atoms with van der Waals surface area (Å²) in [6.07, 6.45) is 3.99. The molecule has 2 amide bonds. The molecule has 0 radical (unpaired) electrons. The van der Waals surface area contributed by atoms with Crippen LogP contribution in [0.25, 0.3) is 11.0 Å². The number of carboxylic acid groups (broad SMARTS) is 1. The lowest BCUT2D eigenvalue weighted by molar-refractivity contribution is -0.118. The van der Waals surface area contributed by atoms with E-state index in [0.717, 1.165) is 30.5 Å². The minimum absolute atomic E-state index is 0.0936. The first-order valence-corrected chi connectivity index (χ1v) is 9.34. The zero-order chi connectivity index (χ0) is 19.7. The van der Waals surface area contributed by atoms with Gasteiger partial charge in [-0.05, 0) is 12.8 Å². The Balaban J connectivity index is 2.00. The number of pyridine rings is 1. The van der Waals surface area contributed by atoms with Gasteiger partial charge in [-0.15, -0.1) is 0 Å². The number of piperidine rings is 1. The Bertz CT molecular complexity index is 866. The lowest BCUT2D eigenvalue weighted by atomic mass is 10.0. The Labute approximate surface area is 162 Å². The highest BCUT2D eigenvalue weighted by molar-refractivity contribution is 6.35. The molecule has 0 bridgehead atoms. The lowest BCUT2D eigenvalue weighted by Crippen LogP contribution is -2.48. The molecule has 1 aliphatic heterocycles. The first-order valence-electron chi connectivity index (χ1n) is 8.96. The quantitative estimate of drug-likeness (QED) is 0.739. The van der Waals surface area contributed by atoms with Crippen LogP contribution in [-0.2, 0) is 4.79 Å². The van der Waals surface area contributed by atoms with Gasteiger partial charge in [0, 0.05) is 32.3 Å². The minimum Gasteiger partial charge on any atom is -0.465 e. The number of nitrogens with zero attached hydrogens (tertiary/aromatic N) is 3. The zero-order valence-electron chi connectivity index (χ0n) is 15.6. The van der Waals surface area contributed by atoms with Crippen molar-refractivity contribution in [3.8, 4) is 0 Å². The number of carbonyl (C=O) groups excluding carboxylic acids is 1. The average Bonchev–Trinajstić information content (AvgIpc) is 3.03. The summed E-state index contributed by atoms with van der Waals surface area (Å²) in [5, 5.41) is 13.4. The van der Waals surface area contributed by atoms with Crippen molar-refractivity contribution in [3.05, 3.63) is 17.4 Å². The Kier molecular flexibility index (Phi) is 5.46. The van der Waals surface area contributed by atoms with Gasteiger partial charge >= 0.3 is 6.09 Å². The molecule has 3 rings (SSSR count). The van der Waals surface area contributed by atoms with Gasteiger partial charge in [0.25, 0.3) is 0 Å². The molecule has 0 aliphatic carbocycles. The summed E-state index contributed by atoms with van der Waals surface area (Å²) in [5.74, 6) is -0.252. The summed E-state index contributed by atoms with van der Waals surface area (Å²) in [4.78, 5) is 34.3. The minimum atomic E-state index is -0.945. The van der Waals surface area contributed by atoms with Gasteiger partial charge in [-0.25, -0.2) is 9.78 Å². The van der Waals surface area contributed by atoms with Crippen LogP contribution in [0.3, 0.4) is 0 Å². The van der Waals surface area contributed by atoms with Crippen LogP contribution in [0, 0.1) is 5.92 Å². The van der Waals surface area contributed by atoms with Gasteiger partial charge in [-0.1, -0.05) is 25.4 Å². The molecule has 27 heavy (non-hydrogen) atoms. The van der Waals surface area contributed by atoms with Gasteiger partial charge in [0.05, 0.1) is 34.0 Å². The molecule has 1 unspecified atom stereocenters. The SMILES string of the molecule is CC(C)C(=O)Nc1c[nH]c2ncc(Cl)c(N3CCCC(N(C)C(=O)O)C3)c12. The van der Waals surface area contributed by atoms with Crippen LogP contribution in [0.2, 0.25) is 5.02 Å². The first-order chi connectivity index (χ1) is 12.8. The van der Waals surface area contributed by atoms with Crippen molar-refractivity contribution in [2.45, 2.75) is 32.7 Å². The number of halogens is 1. The maximum atomic E-state index is 12.2. The van der Waals surface area contributed by atoms with Gasteiger partial charge in [-0.3, -0.25) is 4.79 Å². The zero-order valence-corrected chi connectivity index (χ0v) is 16.4. The van der Waals surface area contributed by atoms with Crippen molar-refractivity contribution in [1.82, 2.24) is 14.9 Å². The molecule has 2 aromatic rings. The van der Waals surface area contributed by atoms with E-state index in [9.17, 15) is 14.7 Å². The number of hydrogen-bond acceptors (Lipinski definition) is 4. The summed E-state index contributed by atoms with van der Waals surface area (Å²) in [7, 11) is 1.59. The highest BCUT2D eigenvalue weighted by Gasteiger charge is 2.29. The fourth-order valence-corrected chi connectivity index (χ4v) is 3.63. The van der Waals surface area contributed by atoms with E-state index >= 15 is 0 Å². The topological polar surface area (TPSA) is 102 Å². The number of aromatic nitrogens is 2. The Hall–Kier alpha value is -2.48. The van der Waals surface area contributed by atoms with Crippen molar-refractivity contribution < 1.29 is 14.7 Å². The molecule has 1 aliphatic rings. The molecule has 9 heteroatoms. The maximum absolute atomic E-state index is 12.2. The second-order valence-corrected chi connectivity index (χ2v) is 7.57.